The van der Waals surface area contributed by atoms with Crippen molar-refractivity contribution < 1.29 is 4.74 Å². The molecule has 1 aromatic carbocycles. The maximum Gasteiger partial charge on any atom is 0.304 e. The summed E-state index contributed by atoms with van der Waals surface area (Å²) in [4.78, 5) is 13.8. The van der Waals surface area contributed by atoms with E-state index in [9.17, 15) is 4.79 Å². The fraction of sp³-hybridized carbons (Fsp3) is 0.308. The predicted octanol–water partition coefficient (Wildman–Crippen LogP) is 1.53. The lowest BCUT2D eigenvalue weighted by Gasteiger charge is -2.21. The average Bonchev–Trinajstić information content (AvgIpc) is 2.85. The molecule has 0 aliphatic carbocycles. The number of aromatic nitrogens is 1. The van der Waals surface area contributed by atoms with Crippen LogP contribution in [-0.4, -0.2) is 18.1 Å². The van der Waals surface area contributed by atoms with Crippen LogP contribution in [0.3, 0.4) is 0 Å². The summed E-state index contributed by atoms with van der Waals surface area (Å²) in [5.74, 6) is 0.931. The van der Waals surface area contributed by atoms with Crippen LogP contribution in [0.25, 0.3) is 0 Å². The summed E-state index contributed by atoms with van der Waals surface area (Å²) in [5.41, 5.74) is 3.09. The van der Waals surface area contributed by atoms with E-state index in [1.165, 1.54) is 11.3 Å². The number of para-hydroxylation sites is 1. The topological polar surface area (TPSA) is 66.2 Å². The van der Waals surface area contributed by atoms with Crippen LogP contribution in [0.15, 0.2) is 28.4 Å². The van der Waals surface area contributed by atoms with Gasteiger partial charge in [-0.05, 0) is 6.07 Å². The fourth-order valence-electron chi connectivity index (χ4n) is 2.10. The highest BCUT2D eigenvalue weighted by atomic mass is 32.1. The maximum absolute atomic E-state index is 11.0. The molecule has 1 aliphatic heterocycles. The number of aromatic amines is 1. The largest absolute Gasteiger partial charge is 0.489 e. The summed E-state index contributed by atoms with van der Waals surface area (Å²) in [6, 6.07) is 6.09. The fourth-order valence-corrected chi connectivity index (χ4v) is 2.69. The normalized spacial score (nSPS) is 13.5. The Labute approximate surface area is 114 Å². The van der Waals surface area contributed by atoms with Crippen LogP contribution >= 0.6 is 11.3 Å². The molecule has 0 spiro atoms. The number of fused-ring (bicyclic) bond motifs is 1. The minimum atomic E-state index is -0.0126. The van der Waals surface area contributed by atoms with E-state index in [0.29, 0.717) is 19.7 Å². The second kappa shape index (κ2) is 5.46. The zero-order chi connectivity index (χ0) is 13.1. The highest BCUT2D eigenvalue weighted by Gasteiger charge is 2.13. The van der Waals surface area contributed by atoms with Crippen LogP contribution in [-0.2, 0) is 13.1 Å². The SMILES string of the molecule is O=c1[nH]c(CNCc2cccc3c2OCCN3)cs1. The molecule has 0 bridgehead atoms. The minimum absolute atomic E-state index is 0.0126. The Balaban J connectivity index is 1.65. The Kier molecular flexibility index (Phi) is 3.52. The second-order valence-electron chi connectivity index (χ2n) is 4.35. The highest BCUT2D eigenvalue weighted by Crippen LogP contribution is 2.30. The first-order chi connectivity index (χ1) is 9.33. The summed E-state index contributed by atoms with van der Waals surface area (Å²) in [5, 5.41) is 8.47. The molecule has 0 unspecified atom stereocenters. The third-order valence-electron chi connectivity index (χ3n) is 2.96. The lowest BCUT2D eigenvalue weighted by atomic mass is 10.1. The molecular formula is C13H15N3O2S. The summed E-state index contributed by atoms with van der Waals surface area (Å²) in [7, 11) is 0. The highest BCUT2D eigenvalue weighted by molar-refractivity contribution is 7.07. The van der Waals surface area contributed by atoms with Gasteiger partial charge in [0.1, 0.15) is 12.4 Å². The molecule has 2 heterocycles. The zero-order valence-corrected chi connectivity index (χ0v) is 11.2. The number of rotatable bonds is 4. The number of nitrogens with one attached hydrogen (secondary N) is 3. The van der Waals surface area contributed by atoms with E-state index in [0.717, 1.165) is 29.2 Å². The molecule has 3 N–H and O–H groups in total. The van der Waals surface area contributed by atoms with E-state index < -0.39 is 0 Å². The van der Waals surface area contributed by atoms with Gasteiger partial charge in [-0.15, -0.1) is 0 Å². The summed E-state index contributed by atoms with van der Waals surface area (Å²) >= 11 is 1.19. The van der Waals surface area contributed by atoms with Crippen molar-refractivity contribution in [3.05, 3.63) is 44.5 Å². The van der Waals surface area contributed by atoms with Gasteiger partial charge in [0.2, 0.25) is 0 Å². The molecule has 0 atom stereocenters. The first kappa shape index (κ1) is 12.3. The number of benzene rings is 1. The van der Waals surface area contributed by atoms with Gasteiger partial charge < -0.3 is 20.4 Å². The molecule has 0 radical (unpaired) electrons. The number of thiazole rings is 1. The Bertz CT molecular complexity index is 620. The van der Waals surface area contributed by atoms with Crippen molar-refractivity contribution in [2.75, 3.05) is 18.5 Å². The number of hydrogen-bond acceptors (Lipinski definition) is 5. The standard InChI is InChI=1S/C13H15N3O2S/c17-13-16-10(8-19-13)7-14-6-9-2-1-3-11-12(9)18-5-4-15-11/h1-3,8,14-15H,4-7H2,(H,16,17). The maximum atomic E-state index is 11.0. The van der Waals surface area contributed by atoms with Gasteiger partial charge in [0.15, 0.2) is 0 Å². The van der Waals surface area contributed by atoms with Crippen LogP contribution in [0, 0.1) is 0 Å². The van der Waals surface area contributed by atoms with E-state index in [4.69, 9.17) is 4.74 Å². The molecule has 1 aromatic heterocycles. The molecule has 5 nitrogen and oxygen atoms in total. The lowest BCUT2D eigenvalue weighted by molar-refractivity contribution is 0.319. The lowest BCUT2D eigenvalue weighted by Crippen LogP contribution is -2.21. The van der Waals surface area contributed by atoms with Gasteiger partial charge in [0.05, 0.1) is 5.69 Å². The molecule has 0 saturated heterocycles. The molecule has 3 rings (SSSR count). The molecular weight excluding hydrogens is 262 g/mol. The van der Waals surface area contributed by atoms with E-state index in [-0.39, 0.29) is 4.87 Å². The number of anilines is 1. The van der Waals surface area contributed by atoms with Gasteiger partial charge in [-0.2, -0.15) is 0 Å². The Hall–Kier alpha value is -1.79. The van der Waals surface area contributed by atoms with E-state index >= 15 is 0 Å². The van der Waals surface area contributed by atoms with Gasteiger partial charge in [-0.3, -0.25) is 4.79 Å². The second-order valence-corrected chi connectivity index (χ2v) is 5.19. The van der Waals surface area contributed by atoms with Crippen LogP contribution in [0.2, 0.25) is 0 Å². The Morgan fingerprint density at radius 2 is 2.32 bits per heavy atom. The Morgan fingerprint density at radius 1 is 1.37 bits per heavy atom. The quantitative estimate of drug-likeness (QED) is 0.793. The van der Waals surface area contributed by atoms with E-state index in [2.05, 4.69) is 21.7 Å². The van der Waals surface area contributed by atoms with Crippen LogP contribution < -0.4 is 20.2 Å². The molecule has 19 heavy (non-hydrogen) atoms. The molecule has 100 valence electrons. The smallest absolute Gasteiger partial charge is 0.304 e. The van der Waals surface area contributed by atoms with Crippen LogP contribution in [0.1, 0.15) is 11.3 Å². The zero-order valence-electron chi connectivity index (χ0n) is 10.4. The van der Waals surface area contributed by atoms with Crippen molar-refractivity contribution in [1.82, 2.24) is 10.3 Å². The number of H-pyrrole nitrogens is 1. The van der Waals surface area contributed by atoms with E-state index in [1.807, 2.05) is 17.5 Å². The van der Waals surface area contributed by atoms with Crippen LogP contribution in [0.5, 0.6) is 5.75 Å². The summed E-state index contributed by atoms with van der Waals surface area (Å²) < 4.78 is 5.70. The first-order valence-electron chi connectivity index (χ1n) is 6.19. The van der Waals surface area contributed by atoms with Crippen molar-refractivity contribution in [3.8, 4) is 5.75 Å². The summed E-state index contributed by atoms with van der Waals surface area (Å²) in [6.45, 7) is 2.90. The third-order valence-corrected chi connectivity index (χ3v) is 3.68. The van der Waals surface area contributed by atoms with Gasteiger partial charge in [-0.1, -0.05) is 23.5 Å². The number of hydrogen-bond donors (Lipinski definition) is 3. The van der Waals surface area contributed by atoms with Crippen molar-refractivity contribution in [1.29, 1.82) is 0 Å². The average molecular weight is 277 g/mol. The molecule has 0 saturated carbocycles. The monoisotopic (exact) mass is 277 g/mol. The van der Waals surface area contributed by atoms with E-state index in [1.54, 1.807) is 0 Å². The first-order valence-corrected chi connectivity index (χ1v) is 7.07. The van der Waals surface area contributed by atoms with Crippen molar-refractivity contribution in [3.63, 3.8) is 0 Å². The number of ether oxygens (including phenoxy) is 1. The van der Waals surface area contributed by atoms with Crippen molar-refractivity contribution in [2.24, 2.45) is 0 Å². The summed E-state index contributed by atoms with van der Waals surface area (Å²) in [6.07, 6.45) is 0. The van der Waals surface area contributed by atoms with Gasteiger partial charge in [0, 0.05) is 36.3 Å². The predicted molar refractivity (Wildman–Crippen MR) is 75.9 cm³/mol. The molecule has 0 amide bonds. The minimum Gasteiger partial charge on any atom is -0.489 e. The Morgan fingerprint density at radius 3 is 3.16 bits per heavy atom. The molecule has 6 heteroatoms. The molecule has 1 aliphatic rings. The van der Waals surface area contributed by atoms with Crippen LogP contribution in [0.4, 0.5) is 5.69 Å². The molecule has 0 fully saturated rings. The molecule has 2 aromatic rings. The van der Waals surface area contributed by atoms with Gasteiger partial charge >= 0.3 is 4.87 Å². The van der Waals surface area contributed by atoms with Crippen molar-refractivity contribution in [2.45, 2.75) is 13.1 Å². The van der Waals surface area contributed by atoms with Gasteiger partial charge in [0.25, 0.3) is 0 Å². The van der Waals surface area contributed by atoms with Gasteiger partial charge in [-0.25, -0.2) is 0 Å². The third kappa shape index (κ3) is 2.80. The van der Waals surface area contributed by atoms with Crippen molar-refractivity contribution >= 4 is 17.0 Å².